The number of likely N-dealkylation sites (tertiary alicyclic amines) is 1. The molecule has 2 fully saturated rings. The van der Waals surface area contributed by atoms with Crippen LogP contribution in [0, 0.1) is 5.92 Å². The van der Waals surface area contributed by atoms with Crippen molar-refractivity contribution in [1.29, 1.82) is 0 Å². The number of carbonyl (C=O) groups is 2. The average molecular weight is 371 g/mol. The monoisotopic (exact) mass is 370 g/mol. The van der Waals surface area contributed by atoms with Gasteiger partial charge in [-0.05, 0) is 37.7 Å². The molecule has 148 valence electrons. The molecule has 1 unspecified atom stereocenters. The lowest BCUT2D eigenvalue weighted by Crippen LogP contribution is -2.55. The van der Waals surface area contributed by atoms with Crippen molar-refractivity contribution in [2.24, 2.45) is 5.92 Å². The lowest BCUT2D eigenvalue weighted by molar-refractivity contribution is -0.144. The van der Waals surface area contributed by atoms with E-state index >= 15 is 0 Å². The molecule has 4 nitrogen and oxygen atoms in total. The largest absolute Gasteiger partial charge is 0.356 e. The van der Waals surface area contributed by atoms with Gasteiger partial charge in [0.15, 0.2) is 0 Å². The molecule has 2 aliphatic rings. The summed E-state index contributed by atoms with van der Waals surface area (Å²) in [6.45, 7) is 4.32. The van der Waals surface area contributed by atoms with Gasteiger partial charge in [0.25, 0.3) is 0 Å². The SMILES string of the molecule is CCCCCCNC(=O)C1CCCN(C(=O)C2(c3ccccc3)CCC2)C1. The van der Waals surface area contributed by atoms with Crippen molar-refractivity contribution >= 4 is 11.8 Å². The highest BCUT2D eigenvalue weighted by Crippen LogP contribution is 2.45. The first-order valence-electron chi connectivity index (χ1n) is 10.8. The summed E-state index contributed by atoms with van der Waals surface area (Å²) < 4.78 is 0. The number of unbranched alkanes of at least 4 members (excludes halogenated alkanes) is 3. The highest BCUT2D eigenvalue weighted by Gasteiger charge is 2.48. The number of hydrogen-bond acceptors (Lipinski definition) is 2. The van der Waals surface area contributed by atoms with E-state index in [0.29, 0.717) is 6.54 Å². The number of amides is 2. The maximum Gasteiger partial charge on any atom is 0.233 e. The fraction of sp³-hybridized carbons (Fsp3) is 0.652. The van der Waals surface area contributed by atoms with Gasteiger partial charge in [0.2, 0.25) is 11.8 Å². The molecular weight excluding hydrogens is 336 g/mol. The molecule has 0 radical (unpaired) electrons. The van der Waals surface area contributed by atoms with Crippen molar-refractivity contribution in [2.75, 3.05) is 19.6 Å². The van der Waals surface area contributed by atoms with Gasteiger partial charge in [0, 0.05) is 19.6 Å². The van der Waals surface area contributed by atoms with Crippen LogP contribution in [0.4, 0.5) is 0 Å². The summed E-state index contributed by atoms with van der Waals surface area (Å²) in [5, 5.41) is 3.09. The Morgan fingerprint density at radius 1 is 1.11 bits per heavy atom. The minimum Gasteiger partial charge on any atom is -0.356 e. The Morgan fingerprint density at radius 3 is 2.56 bits per heavy atom. The molecule has 3 rings (SSSR count). The zero-order chi connectivity index (χ0) is 19.1. The first kappa shape index (κ1) is 19.9. The van der Waals surface area contributed by atoms with Crippen LogP contribution in [-0.4, -0.2) is 36.3 Å². The van der Waals surface area contributed by atoms with Gasteiger partial charge in [0.05, 0.1) is 11.3 Å². The number of nitrogens with one attached hydrogen (secondary N) is 1. The zero-order valence-electron chi connectivity index (χ0n) is 16.7. The standard InChI is InChI=1S/C23H34N2O2/c1-2-3-4-8-16-24-21(26)19-11-9-17-25(18-19)22(27)23(14-10-15-23)20-12-6-5-7-13-20/h5-7,12-13,19H,2-4,8-11,14-18H2,1H3,(H,24,26). The van der Waals surface area contributed by atoms with Crippen LogP contribution >= 0.6 is 0 Å². The predicted molar refractivity (Wildman–Crippen MR) is 108 cm³/mol. The molecule has 1 aliphatic heterocycles. The van der Waals surface area contributed by atoms with Crippen LogP contribution in [0.1, 0.15) is 70.3 Å². The Labute approximate surface area is 163 Å². The van der Waals surface area contributed by atoms with Crippen LogP contribution in [0.3, 0.4) is 0 Å². The summed E-state index contributed by atoms with van der Waals surface area (Å²) in [7, 11) is 0. The molecule has 4 heteroatoms. The van der Waals surface area contributed by atoms with E-state index in [1.165, 1.54) is 19.3 Å². The van der Waals surface area contributed by atoms with Crippen molar-refractivity contribution < 1.29 is 9.59 Å². The number of piperidine rings is 1. The van der Waals surface area contributed by atoms with Gasteiger partial charge in [-0.15, -0.1) is 0 Å². The maximum atomic E-state index is 13.4. The number of nitrogens with zero attached hydrogens (tertiary/aromatic N) is 1. The van der Waals surface area contributed by atoms with Crippen LogP contribution in [-0.2, 0) is 15.0 Å². The summed E-state index contributed by atoms with van der Waals surface area (Å²) >= 11 is 0. The summed E-state index contributed by atoms with van der Waals surface area (Å²) in [4.78, 5) is 27.9. The van der Waals surface area contributed by atoms with Crippen molar-refractivity contribution in [3.63, 3.8) is 0 Å². The summed E-state index contributed by atoms with van der Waals surface area (Å²) in [5.74, 6) is 0.313. The van der Waals surface area contributed by atoms with Crippen LogP contribution in [0.5, 0.6) is 0 Å². The quantitative estimate of drug-likeness (QED) is 0.702. The van der Waals surface area contributed by atoms with E-state index in [-0.39, 0.29) is 23.1 Å². The third-order valence-corrected chi connectivity index (χ3v) is 6.35. The fourth-order valence-electron chi connectivity index (χ4n) is 4.50. The molecule has 0 spiro atoms. The van der Waals surface area contributed by atoms with Gasteiger partial charge >= 0.3 is 0 Å². The number of benzene rings is 1. The molecule has 1 aromatic rings. The lowest BCUT2D eigenvalue weighted by Gasteiger charge is -2.45. The lowest BCUT2D eigenvalue weighted by atomic mass is 9.63. The molecule has 0 bridgehead atoms. The second kappa shape index (κ2) is 9.38. The molecule has 1 saturated carbocycles. The third-order valence-electron chi connectivity index (χ3n) is 6.35. The Bertz CT molecular complexity index is 625. The highest BCUT2D eigenvalue weighted by atomic mass is 16.2. The molecule has 1 aromatic carbocycles. The van der Waals surface area contributed by atoms with E-state index in [9.17, 15) is 9.59 Å². The smallest absolute Gasteiger partial charge is 0.233 e. The third kappa shape index (κ3) is 4.53. The van der Waals surface area contributed by atoms with E-state index < -0.39 is 0 Å². The second-order valence-corrected chi connectivity index (χ2v) is 8.24. The zero-order valence-corrected chi connectivity index (χ0v) is 16.7. The molecule has 1 aliphatic carbocycles. The van der Waals surface area contributed by atoms with Gasteiger partial charge < -0.3 is 10.2 Å². The van der Waals surface area contributed by atoms with Crippen LogP contribution in [0.2, 0.25) is 0 Å². The molecule has 0 aromatic heterocycles. The van der Waals surface area contributed by atoms with Crippen LogP contribution in [0.25, 0.3) is 0 Å². The van der Waals surface area contributed by atoms with Crippen molar-refractivity contribution in [1.82, 2.24) is 10.2 Å². The summed E-state index contributed by atoms with van der Waals surface area (Å²) in [5.41, 5.74) is 0.795. The summed E-state index contributed by atoms with van der Waals surface area (Å²) in [6, 6.07) is 10.2. The Hall–Kier alpha value is -1.84. The van der Waals surface area contributed by atoms with Crippen molar-refractivity contribution in [2.45, 2.75) is 70.1 Å². The van der Waals surface area contributed by atoms with E-state index in [1.54, 1.807) is 0 Å². The average Bonchev–Trinajstić information content (AvgIpc) is 2.68. The number of carbonyl (C=O) groups excluding carboxylic acids is 2. The number of hydrogen-bond donors (Lipinski definition) is 1. The van der Waals surface area contributed by atoms with Crippen LogP contribution in [0.15, 0.2) is 30.3 Å². The Kier molecular flexibility index (Phi) is 6.92. The first-order chi connectivity index (χ1) is 13.2. The Balaban J connectivity index is 1.57. The minimum absolute atomic E-state index is 0.0539. The maximum absolute atomic E-state index is 13.4. The van der Waals surface area contributed by atoms with Gasteiger partial charge in [-0.2, -0.15) is 0 Å². The molecule has 27 heavy (non-hydrogen) atoms. The van der Waals surface area contributed by atoms with E-state index in [4.69, 9.17) is 0 Å². The van der Waals surface area contributed by atoms with Crippen molar-refractivity contribution in [3.8, 4) is 0 Å². The normalized spacial score (nSPS) is 21.4. The van der Waals surface area contributed by atoms with Crippen LogP contribution < -0.4 is 5.32 Å². The Morgan fingerprint density at radius 2 is 1.89 bits per heavy atom. The molecule has 2 amide bonds. The van der Waals surface area contributed by atoms with Gasteiger partial charge in [0.1, 0.15) is 0 Å². The molecule has 1 saturated heterocycles. The van der Waals surface area contributed by atoms with Gasteiger partial charge in [-0.1, -0.05) is 62.9 Å². The molecule has 1 N–H and O–H groups in total. The van der Waals surface area contributed by atoms with E-state index in [2.05, 4.69) is 24.4 Å². The van der Waals surface area contributed by atoms with E-state index in [0.717, 1.165) is 57.2 Å². The second-order valence-electron chi connectivity index (χ2n) is 8.24. The van der Waals surface area contributed by atoms with Crippen molar-refractivity contribution in [3.05, 3.63) is 35.9 Å². The molecule has 1 heterocycles. The van der Waals surface area contributed by atoms with Gasteiger partial charge in [-0.3, -0.25) is 9.59 Å². The highest BCUT2D eigenvalue weighted by molar-refractivity contribution is 5.90. The predicted octanol–water partition coefficient (Wildman–Crippen LogP) is 4.04. The topological polar surface area (TPSA) is 49.4 Å². The first-order valence-corrected chi connectivity index (χ1v) is 10.8. The number of rotatable bonds is 8. The molecular formula is C23H34N2O2. The van der Waals surface area contributed by atoms with Gasteiger partial charge in [-0.25, -0.2) is 0 Å². The fourth-order valence-corrected chi connectivity index (χ4v) is 4.50. The summed E-state index contributed by atoms with van der Waals surface area (Å²) in [6.07, 6.45) is 9.43. The minimum atomic E-state index is -0.347. The van der Waals surface area contributed by atoms with E-state index in [1.807, 2.05) is 23.1 Å². The molecule has 1 atom stereocenters.